The largest absolute Gasteiger partial charge is 0.316 e. The summed E-state index contributed by atoms with van der Waals surface area (Å²) >= 11 is 1.48. The summed E-state index contributed by atoms with van der Waals surface area (Å²) in [5, 5.41) is 0.991. The van der Waals surface area contributed by atoms with E-state index >= 15 is 0 Å². The third-order valence-electron chi connectivity index (χ3n) is 3.09. The Hall–Kier alpha value is -1.49. The van der Waals surface area contributed by atoms with Crippen LogP contribution in [0.15, 0.2) is 18.5 Å². The van der Waals surface area contributed by atoms with Gasteiger partial charge in [-0.1, -0.05) is 20.8 Å². The van der Waals surface area contributed by atoms with E-state index in [-0.39, 0.29) is 5.41 Å². The highest BCUT2D eigenvalue weighted by Crippen LogP contribution is 2.35. The van der Waals surface area contributed by atoms with Crippen molar-refractivity contribution in [2.45, 2.75) is 32.6 Å². The molecule has 4 nitrogen and oxygen atoms in total. The molecule has 5 heteroatoms. The summed E-state index contributed by atoms with van der Waals surface area (Å²) in [5.74, 6) is 0.921. The standard InChI is InChI=1S/C13H16N4S/c1-13(2,3)11-15-12(18-16-11)17-7-5-9-8-14-6-4-10(9)17/h4,6,8H,5,7H2,1-3H3. The molecule has 0 aliphatic carbocycles. The van der Waals surface area contributed by atoms with Gasteiger partial charge in [-0.05, 0) is 18.1 Å². The van der Waals surface area contributed by atoms with Crippen LogP contribution in [0.25, 0.3) is 0 Å². The summed E-state index contributed by atoms with van der Waals surface area (Å²) in [4.78, 5) is 11.1. The summed E-state index contributed by atoms with van der Waals surface area (Å²) in [5.41, 5.74) is 2.53. The van der Waals surface area contributed by atoms with Gasteiger partial charge in [-0.25, -0.2) is 4.98 Å². The first kappa shape index (κ1) is 11.6. The van der Waals surface area contributed by atoms with Gasteiger partial charge in [0.25, 0.3) is 0 Å². The normalized spacial score (nSPS) is 14.9. The Kier molecular flexibility index (Phi) is 2.59. The molecule has 0 saturated carbocycles. The van der Waals surface area contributed by atoms with Gasteiger partial charge in [-0.2, -0.15) is 4.37 Å². The fourth-order valence-corrected chi connectivity index (χ4v) is 2.96. The number of nitrogens with zero attached hydrogens (tertiary/aromatic N) is 4. The molecule has 0 bridgehead atoms. The first-order valence-electron chi connectivity index (χ1n) is 6.10. The quantitative estimate of drug-likeness (QED) is 0.790. The molecule has 0 atom stereocenters. The summed E-state index contributed by atoms with van der Waals surface area (Å²) in [7, 11) is 0. The average Bonchev–Trinajstić information content (AvgIpc) is 2.94. The summed E-state index contributed by atoms with van der Waals surface area (Å²) < 4.78 is 4.48. The van der Waals surface area contributed by atoms with Gasteiger partial charge in [0.2, 0.25) is 5.13 Å². The first-order valence-corrected chi connectivity index (χ1v) is 6.87. The Bertz CT molecular complexity index is 570. The number of rotatable bonds is 1. The predicted octanol–water partition coefficient (Wildman–Crippen LogP) is 2.92. The highest BCUT2D eigenvalue weighted by molar-refractivity contribution is 7.09. The minimum absolute atomic E-state index is 0.00947. The molecule has 0 spiro atoms. The van der Waals surface area contributed by atoms with Gasteiger partial charge in [0.05, 0.1) is 0 Å². The second kappa shape index (κ2) is 4.02. The van der Waals surface area contributed by atoms with Crippen molar-refractivity contribution in [2.75, 3.05) is 11.4 Å². The number of pyridine rings is 1. The minimum atomic E-state index is 0.00947. The molecule has 94 valence electrons. The molecular weight excluding hydrogens is 244 g/mol. The van der Waals surface area contributed by atoms with Gasteiger partial charge < -0.3 is 4.90 Å². The van der Waals surface area contributed by atoms with Crippen LogP contribution in [0.4, 0.5) is 10.8 Å². The van der Waals surface area contributed by atoms with Gasteiger partial charge in [-0.15, -0.1) is 0 Å². The van der Waals surface area contributed by atoms with E-state index in [2.05, 4.69) is 46.1 Å². The summed E-state index contributed by atoms with van der Waals surface area (Å²) in [6.07, 6.45) is 4.82. The van der Waals surface area contributed by atoms with Gasteiger partial charge >= 0.3 is 0 Å². The molecule has 1 aliphatic heterocycles. The maximum Gasteiger partial charge on any atom is 0.209 e. The minimum Gasteiger partial charge on any atom is -0.316 e. The molecule has 0 radical (unpaired) electrons. The van der Waals surface area contributed by atoms with E-state index in [0.29, 0.717) is 0 Å². The lowest BCUT2D eigenvalue weighted by molar-refractivity contribution is 0.554. The van der Waals surface area contributed by atoms with Crippen molar-refractivity contribution in [2.24, 2.45) is 0 Å². The van der Waals surface area contributed by atoms with E-state index in [1.54, 1.807) is 0 Å². The van der Waals surface area contributed by atoms with E-state index in [1.807, 2.05) is 12.4 Å². The SMILES string of the molecule is CC(C)(C)c1nsc(N2CCc3cnccc32)n1. The molecule has 0 aromatic carbocycles. The Morgan fingerprint density at radius 3 is 2.89 bits per heavy atom. The van der Waals surface area contributed by atoms with Crippen molar-refractivity contribution in [3.8, 4) is 0 Å². The molecule has 0 fully saturated rings. The Morgan fingerprint density at radius 2 is 2.17 bits per heavy atom. The highest BCUT2D eigenvalue weighted by Gasteiger charge is 2.26. The number of fused-ring (bicyclic) bond motifs is 1. The van der Waals surface area contributed by atoms with E-state index in [4.69, 9.17) is 0 Å². The molecule has 0 saturated heterocycles. The second-order valence-corrected chi connectivity index (χ2v) is 6.29. The predicted molar refractivity (Wildman–Crippen MR) is 73.6 cm³/mol. The molecule has 3 heterocycles. The molecule has 0 amide bonds. The van der Waals surface area contributed by atoms with E-state index in [1.165, 1.54) is 22.8 Å². The lowest BCUT2D eigenvalue weighted by Gasteiger charge is -2.16. The highest BCUT2D eigenvalue weighted by atomic mass is 32.1. The number of aromatic nitrogens is 3. The lowest BCUT2D eigenvalue weighted by atomic mass is 9.96. The number of anilines is 2. The molecule has 18 heavy (non-hydrogen) atoms. The van der Waals surface area contributed by atoms with Crippen molar-refractivity contribution in [1.82, 2.24) is 14.3 Å². The fourth-order valence-electron chi connectivity index (χ4n) is 2.06. The van der Waals surface area contributed by atoms with Crippen molar-refractivity contribution in [1.29, 1.82) is 0 Å². The van der Waals surface area contributed by atoms with Crippen LogP contribution in [0.5, 0.6) is 0 Å². The molecule has 1 aliphatic rings. The van der Waals surface area contributed by atoms with Crippen LogP contribution in [0.1, 0.15) is 32.2 Å². The zero-order valence-corrected chi connectivity index (χ0v) is 11.7. The van der Waals surface area contributed by atoms with Gasteiger partial charge in [0, 0.05) is 41.6 Å². The maximum atomic E-state index is 4.68. The van der Waals surface area contributed by atoms with Crippen LogP contribution >= 0.6 is 11.5 Å². The fraction of sp³-hybridized carbons (Fsp3) is 0.462. The van der Waals surface area contributed by atoms with Crippen LogP contribution < -0.4 is 4.90 Å². The van der Waals surface area contributed by atoms with Crippen molar-refractivity contribution in [3.05, 3.63) is 29.8 Å². The smallest absolute Gasteiger partial charge is 0.209 e. The second-order valence-electron chi connectivity index (χ2n) is 5.56. The molecule has 0 N–H and O–H groups in total. The molecule has 2 aromatic rings. The Labute approximate surface area is 111 Å². The molecule has 2 aromatic heterocycles. The van der Waals surface area contributed by atoms with E-state index in [0.717, 1.165) is 23.9 Å². The van der Waals surface area contributed by atoms with Gasteiger partial charge in [-0.3, -0.25) is 4.98 Å². The molecule has 3 rings (SSSR count). The van der Waals surface area contributed by atoms with Crippen LogP contribution in [0.2, 0.25) is 0 Å². The number of hydrogen-bond acceptors (Lipinski definition) is 5. The van der Waals surface area contributed by atoms with Crippen LogP contribution in [0, 0.1) is 0 Å². The average molecular weight is 260 g/mol. The zero-order chi connectivity index (χ0) is 12.8. The van der Waals surface area contributed by atoms with Gasteiger partial charge in [0.15, 0.2) is 0 Å². The zero-order valence-electron chi connectivity index (χ0n) is 10.8. The third kappa shape index (κ3) is 1.88. The Morgan fingerprint density at radius 1 is 1.33 bits per heavy atom. The summed E-state index contributed by atoms with van der Waals surface area (Å²) in [6, 6.07) is 2.06. The van der Waals surface area contributed by atoms with E-state index < -0.39 is 0 Å². The summed E-state index contributed by atoms with van der Waals surface area (Å²) in [6.45, 7) is 7.39. The Balaban J connectivity index is 1.96. The van der Waals surface area contributed by atoms with E-state index in [9.17, 15) is 0 Å². The van der Waals surface area contributed by atoms with Crippen molar-refractivity contribution >= 4 is 22.4 Å². The van der Waals surface area contributed by atoms with Crippen molar-refractivity contribution < 1.29 is 0 Å². The monoisotopic (exact) mass is 260 g/mol. The number of hydrogen-bond donors (Lipinski definition) is 0. The van der Waals surface area contributed by atoms with Crippen LogP contribution in [-0.2, 0) is 11.8 Å². The van der Waals surface area contributed by atoms with Crippen molar-refractivity contribution in [3.63, 3.8) is 0 Å². The molecule has 0 unspecified atom stereocenters. The van der Waals surface area contributed by atoms with Crippen LogP contribution in [-0.4, -0.2) is 20.9 Å². The lowest BCUT2D eigenvalue weighted by Crippen LogP contribution is -2.16. The van der Waals surface area contributed by atoms with Gasteiger partial charge in [0.1, 0.15) is 5.82 Å². The third-order valence-corrected chi connectivity index (χ3v) is 3.83. The topological polar surface area (TPSA) is 41.9 Å². The van der Waals surface area contributed by atoms with Crippen LogP contribution in [0.3, 0.4) is 0 Å². The first-order chi connectivity index (χ1) is 8.55. The maximum absolute atomic E-state index is 4.68. The molecular formula is C13H16N4S.